The van der Waals surface area contributed by atoms with Gasteiger partial charge in [0, 0.05) is 10.4 Å². The maximum absolute atomic E-state index is 8.66. The number of hydrogen-bond acceptors (Lipinski definition) is 8. The van der Waals surface area contributed by atoms with Gasteiger partial charge in [0.1, 0.15) is 0 Å². The van der Waals surface area contributed by atoms with E-state index in [9.17, 15) is 0 Å². The Morgan fingerprint density at radius 1 is 1.15 bits per heavy atom. The first-order valence-corrected chi connectivity index (χ1v) is 4.24. The number of hydrogen-bond donors (Lipinski definition) is 2. The fraction of sp³-hybridized carbons (Fsp3) is 0. The van der Waals surface area contributed by atoms with Crippen molar-refractivity contribution in [3.63, 3.8) is 0 Å². The Bertz CT molecular complexity index is 202. The van der Waals surface area contributed by atoms with Crippen LogP contribution in [0.25, 0.3) is 0 Å². The van der Waals surface area contributed by atoms with E-state index in [0.29, 0.717) is 0 Å². The molecule has 0 unspecified atom stereocenters. The number of rotatable bonds is 0. The summed E-state index contributed by atoms with van der Waals surface area (Å²) in [6.45, 7) is 0. The van der Waals surface area contributed by atoms with Crippen molar-refractivity contribution in [1.29, 1.82) is 0 Å². The van der Waals surface area contributed by atoms with Gasteiger partial charge in [-0.3, -0.25) is 8.42 Å². The Hall–Kier alpha value is 1.97. The maximum atomic E-state index is 8.66. The molecule has 0 amide bonds. The van der Waals surface area contributed by atoms with Crippen LogP contribution in [0.15, 0.2) is 0 Å². The fourth-order valence-corrected chi connectivity index (χ4v) is 0. The van der Waals surface area contributed by atoms with Crippen LogP contribution in [0, 0.1) is 0 Å². The van der Waals surface area contributed by atoms with Crippen LogP contribution in [0.4, 0.5) is 0 Å². The van der Waals surface area contributed by atoms with Crippen molar-refractivity contribution in [3.05, 3.63) is 0 Å². The summed E-state index contributed by atoms with van der Waals surface area (Å²) in [6, 6.07) is 0. The Balaban J connectivity index is -0.0000000267. The topological polar surface area (TPSA) is 199 Å². The Labute approximate surface area is 120 Å². The quantitative estimate of drug-likeness (QED) is 0.190. The minimum Gasteiger partial charge on any atom is -0.790 e. The molecule has 0 aliphatic rings. The van der Waals surface area contributed by atoms with E-state index >= 15 is 0 Å². The molecule has 0 fully saturated rings. The zero-order valence-electron chi connectivity index (χ0n) is 6.28. The van der Waals surface area contributed by atoms with Crippen LogP contribution >= 0.6 is 7.82 Å². The third kappa shape index (κ3) is 517. The van der Waals surface area contributed by atoms with Gasteiger partial charge in [0.15, 0.2) is 0 Å². The van der Waals surface area contributed by atoms with Gasteiger partial charge in [-0.2, -0.15) is 0 Å². The molecule has 72 valence electrons. The first-order chi connectivity index (χ1) is 4.00. The largest absolute Gasteiger partial charge is 2.00 e. The fourth-order valence-electron chi connectivity index (χ4n) is 0. The predicted molar refractivity (Wildman–Crippen MR) is 36.8 cm³/mol. The van der Waals surface area contributed by atoms with Crippen LogP contribution in [-0.2, 0) is 15.0 Å². The van der Waals surface area contributed by atoms with E-state index in [1.54, 1.807) is 0 Å². The van der Waals surface area contributed by atoms with Crippen molar-refractivity contribution >= 4 is 79.0 Å². The summed E-state index contributed by atoms with van der Waals surface area (Å²) in [5, 5.41) is 0. The molecule has 0 saturated carbocycles. The van der Waals surface area contributed by atoms with Crippen molar-refractivity contribution in [2.24, 2.45) is 0 Å². The van der Waals surface area contributed by atoms with Crippen molar-refractivity contribution in [2.75, 3.05) is 0 Å². The maximum Gasteiger partial charge on any atom is 2.00 e. The van der Waals surface area contributed by atoms with Gasteiger partial charge >= 0.3 is 60.8 Å². The zero-order valence-corrected chi connectivity index (χ0v) is 11.6. The van der Waals surface area contributed by atoms with Crippen LogP contribution in [0.5, 0.6) is 0 Å². The van der Waals surface area contributed by atoms with Gasteiger partial charge in [0.2, 0.25) is 0 Å². The minimum atomic E-state index is -5.17. The van der Waals surface area contributed by atoms with Crippen molar-refractivity contribution in [3.8, 4) is 0 Å². The van der Waals surface area contributed by atoms with Crippen LogP contribution in [0.2, 0.25) is 0 Å². The third-order valence-corrected chi connectivity index (χ3v) is 0. The molecule has 0 aliphatic carbocycles. The van der Waals surface area contributed by atoms with Crippen LogP contribution in [-0.4, -0.2) is 83.2 Å². The summed E-state index contributed by atoms with van der Waals surface area (Å²) in [5.41, 5.74) is 0. The molecule has 0 atom stereocenters. The second kappa shape index (κ2) is 12.0. The van der Waals surface area contributed by atoms with Crippen LogP contribution in [0.3, 0.4) is 0 Å². The van der Waals surface area contributed by atoms with Gasteiger partial charge in [0.05, 0.1) is 7.82 Å². The van der Waals surface area contributed by atoms with Gasteiger partial charge in [-0.05, 0) is 0 Å². The van der Waals surface area contributed by atoms with E-state index in [4.69, 9.17) is 36.8 Å². The van der Waals surface area contributed by atoms with Gasteiger partial charge in [0.25, 0.3) is 0 Å². The molecule has 0 radical (unpaired) electrons. The second-order valence-corrected chi connectivity index (χ2v) is 2.63. The summed E-state index contributed by atoms with van der Waals surface area (Å²) in [6.07, 6.45) is 0. The third-order valence-electron chi connectivity index (χ3n) is 0. The molecule has 0 heterocycles. The molecule has 0 aliphatic heterocycles. The molecule has 0 aromatic carbocycles. The summed E-state index contributed by atoms with van der Waals surface area (Å²) < 4.78 is 42.7. The normalized spacial score (nSPS) is 9.00. The Kier molecular flexibility index (Phi) is 27.2. The Morgan fingerprint density at radius 2 is 1.15 bits per heavy atom. The van der Waals surface area contributed by atoms with Gasteiger partial charge < -0.3 is 34.5 Å². The molecule has 0 aromatic heterocycles. The smallest absolute Gasteiger partial charge is 0.790 e. The summed E-state index contributed by atoms with van der Waals surface area (Å²) in [4.78, 5) is 24.3. The average molecular weight is 273 g/mol. The first-order valence-electron chi connectivity index (χ1n) is 1.41. The molecule has 9 nitrogen and oxygen atoms in total. The van der Waals surface area contributed by atoms with Crippen LogP contribution < -0.4 is 15.9 Å². The number of phosphoric acid groups is 1. The monoisotopic (exact) mass is 273 g/mol. The van der Waals surface area contributed by atoms with Crippen molar-refractivity contribution in [2.45, 2.75) is 0 Å². The molecule has 4 N–H and O–H groups in total. The standard InChI is InChI=1S/Ca.Mg.H3N.H3O4P.H2O4S/c;;;2*1-5(2,3)4/h;;1H3;(H3,1,2,3,4);(H2,1,2,3,4)/q2*+2;;;/p-4. The summed E-state index contributed by atoms with van der Waals surface area (Å²) >= 11 is 0. The van der Waals surface area contributed by atoms with Crippen molar-refractivity contribution < 1.29 is 36.8 Å². The van der Waals surface area contributed by atoms with Gasteiger partial charge in [-0.1, -0.05) is 0 Å². The van der Waals surface area contributed by atoms with E-state index in [0.717, 1.165) is 0 Å². The molecule has 13 heteroatoms. The molecule has 0 aromatic rings. The molecule has 0 saturated heterocycles. The molecular formula is H4CaMgNO8PS. The van der Waals surface area contributed by atoms with E-state index in [1.165, 1.54) is 0 Å². The summed E-state index contributed by atoms with van der Waals surface area (Å²) in [5.74, 6) is 0. The molecule has 13 heavy (non-hydrogen) atoms. The molecule has 0 spiro atoms. The van der Waals surface area contributed by atoms with E-state index in [1.807, 2.05) is 0 Å². The predicted octanol–water partition coefficient (Wildman–Crippen LogP) is -4.13. The van der Waals surface area contributed by atoms with E-state index in [-0.39, 0.29) is 66.9 Å². The van der Waals surface area contributed by atoms with Gasteiger partial charge in [-0.15, -0.1) is 0 Å². The van der Waals surface area contributed by atoms with Gasteiger partial charge in [-0.25, -0.2) is 0 Å². The summed E-state index contributed by atoms with van der Waals surface area (Å²) in [7, 11) is -10.3. The zero-order chi connectivity index (χ0) is 9.00. The van der Waals surface area contributed by atoms with Crippen molar-refractivity contribution in [1.82, 2.24) is 6.15 Å². The van der Waals surface area contributed by atoms with E-state index in [2.05, 4.69) is 0 Å². The minimum absolute atomic E-state index is 0. The van der Waals surface area contributed by atoms with E-state index < -0.39 is 18.2 Å². The molecule has 0 rings (SSSR count). The SMILES string of the molecule is N.O=P([O-])([O-])O.O=S(=O)([O-])[O-].[Ca+2].[Mg+2]. The molecule has 0 bridgehead atoms. The second-order valence-electron chi connectivity index (χ2n) is 0.877. The Morgan fingerprint density at radius 3 is 1.15 bits per heavy atom. The molecular weight excluding hydrogens is 269 g/mol. The average Bonchev–Trinajstić information content (AvgIpc) is 1.12. The van der Waals surface area contributed by atoms with Crippen LogP contribution in [0.1, 0.15) is 0 Å². The first kappa shape index (κ1) is 29.4.